The van der Waals surface area contributed by atoms with E-state index in [4.69, 9.17) is 5.26 Å². The van der Waals surface area contributed by atoms with Crippen molar-refractivity contribution in [1.82, 2.24) is 14.8 Å². The van der Waals surface area contributed by atoms with Crippen molar-refractivity contribution in [1.29, 1.82) is 10.5 Å². The van der Waals surface area contributed by atoms with Gasteiger partial charge in [0.05, 0.1) is 12.6 Å². The number of hydrogen-bond acceptors (Lipinski definition) is 8. The summed E-state index contributed by atoms with van der Waals surface area (Å²) in [5.41, 5.74) is 0.801. The van der Waals surface area contributed by atoms with Crippen molar-refractivity contribution in [2.45, 2.75) is 33.7 Å². The van der Waals surface area contributed by atoms with Crippen molar-refractivity contribution in [3.8, 4) is 12.1 Å². The fourth-order valence-electron chi connectivity index (χ4n) is 3.39. The Morgan fingerprint density at radius 1 is 1.24 bits per heavy atom. The lowest BCUT2D eigenvalue weighted by atomic mass is 10.1. The van der Waals surface area contributed by atoms with E-state index in [2.05, 4.69) is 24.5 Å². The van der Waals surface area contributed by atoms with Crippen molar-refractivity contribution in [3.05, 3.63) is 43.8 Å². The van der Waals surface area contributed by atoms with Crippen LogP contribution in [-0.2, 0) is 16.1 Å². The number of nitrogens with zero attached hydrogens (tertiary/aromatic N) is 5. The third kappa shape index (κ3) is 8.04. The molecule has 0 saturated heterocycles. The van der Waals surface area contributed by atoms with Crippen LogP contribution in [0.1, 0.15) is 27.2 Å². The molecule has 0 radical (unpaired) electrons. The molecule has 196 valence electrons. The quantitative estimate of drug-likeness (QED) is 0.420. The van der Waals surface area contributed by atoms with Crippen LogP contribution in [0.15, 0.2) is 29.1 Å². The first-order chi connectivity index (χ1) is 17.6. The van der Waals surface area contributed by atoms with Gasteiger partial charge in [-0.25, -0.2) is 0 Å². The first-order valence-corrected chi connectivity index (χ1v) is 12.8. The van der Waals surface area contributed by atoms with Crippen molar-refractivity contribution in [2.75, 3.05) is 43.9 Å². The van der Waals surface area contributed by atoms with Gasteiger partial charge in [-0.15, -0.1) is 11.3 Å². The number of nitrogens with one attached hydrogen (secondary N) is 2. The molecule has 2 amide bonds. The minimum Gasteiger partial charge on any atom is -0.360 e. The van der Waals surface area contributed by atoms with Crippen LogP contribution >= 0.6 is 11.3 Å². The van der Waals surface area contributed by atoms with E-state index in [1.54, 1.807) is 31.0 Å². The molecule has 37 heavy (non-hydrogen) atoms. The number of carbonyl (C=O) groups excluding carboxylic acids is 2. The third-order valence-corrected chi connectivity index (χ3v) is 6.71. The van der Waals surface area contributed by atoms with Gasteiger partial charge in [0, 0.05) is 31.2 Å². The molecule has 1 heterocycles. The van der Waals surface area contributed by atoms with Gasteiger partial charge in [0.25, 0.3) is 11.5 Å². The Bertz CT molecular complexity index is 1380. The molecule has 0 atom stereocenters. The molecule has 10 nitrogen and oxygen atoms in total. The maximum absolute atomic E-state index is 12.9. The van der Waals surface area contributed by atoms with Gasteiger partial charge in [-0.1, -0.05) is 19.9 Å². The molecule has 2 aromatic rings. The zero-order chi connectivity index (χ0) is 27.5. The minimum atomic E-state index is -0.706. The van der Waals surface area contributed by atoms with Crippen LogP contribution in [-0.4, -0.2) is 55.0 Å². The molecule has 1 aromatic heterocycles. The second-order valence-electron chi connectivity index (χ2n) is 8.86. The van der Waals surface area contributed by atoms with Gasteiger partial charge in [0.15, 0.2) is 5.57 Å². The molecule has 1 aromatic carbocycles. The molecule has 11 heteroatoms. The molecule has 0 aliphatic heterocycles. The number of hydrogen-bond donors (Lipinski definition) is 2. The van der Waals surface area contributed by atoms with Crippen LogP contribution in [0.5, 0.6) is 0 Å². The Kier molecular flexibility index (Phi) is 11.1. The van der Waals surface area contributed by atoms with Crippen molar-refractivity contribution in [3.63, 3.8) is 0 Å². The number of amides is 2. The normalized spacial score (nSPS) is 12.2. The maximum atomic E-state index is 12.9. The molecule has 2 N–H and O–H groups in total. The highest BCUT2D eigenvalue weighted by molar-refractivity contribution is 7.07. The summed E-state index contributed by atoms with van der Waals surface area (Å²) in [6, 6.07) is 10.9. The Morgan fingerprint density at radius 2 is 1.97 bits per heavy atom. The maximum Gasteiger partial charge on any atom is 0.270 e. The van der Waals surface area contributed by atoms with Crippen LogP contribution < -0.4 is 30.3 Å². The summed E-state index contributed by atoms with van der Waals surface area (Å²) in [7, 11) is 3.66. The highest BCUT2D eigenvalue weighted by Crippen LogP contribution is 2.19. The summed E-state index contributed by atoms with van der Waals surface area (Å²) in [4.78, 5) is 41.6. The molecule has 0 spiro atoms. The second-order valence-corrected chi connectivity index (χ2v) is 9.89. The van der Waals surface area contributed by atoms with E-state index in [0.29, 0.717) is 28.4 Å². The molecule has 0 fully saturated rings. The van der Waals surface area contributed by atoms with E-state index >= 15 is 0 Å². The molecule has 0 saturated carbocycles. The average Bonchev–Trinajstić information content (AvgIpc) is 3.19. The number of aromatic nitrogens is 1. The highest BCUT2D eigenvalue weighted by Gasteiger charge is 2.16. The van der Waals surface area contributed by atoms with E-state index in [1.165, 1.54) is 10.8 Å². The zero-order valence-corrected chi connectivity index (χ0v) is 22.7. The standard InChI is InChI=1S/C26H33N7O3S/c1-6-33-25(36)22(37-26(33)21(15-28)24(35)29-12-11-27)16-30-19-8-7-9-20(14-19)32(5)23(34)17-31(4)13-10-18(2)3/h7-9,14,16,18,30H,6,10,12-13,17H2,1-5H3,(H,29,35). The molecular formula is C26H33N7O3S. The largest absolute Gasteiger partial charge is 0.360 e. The number of nitriles is 2. The van der Waals surface area contributed by atoms with Gasteiger partial charge in [0.1, 0.15) is 21.8 Å². The van der Waals surface area contributed by atoms with Gasteiger partial charge in [-0.05, 0) is 51.1 Å². The topological polar surface area (TPSA) is 134 Å². The van der Waals surface area contributed by atoms with Gasteiger partial charge >= 0.3 is 0 Å². The van der Waals surface area contributed by atoms with Crippen LogP contribution in [0.2, 0.25) is 0 Å². The SMILES string of the molecule is CCn1c(=C(C#N)C(=O)NCC#N)sc(=CNc2cccc(N(C)C(=O)CN(C)CCC(C)C)c2)c1=O. The molecule has 2 rings (SSSR count). The van der Waals surface area contributed by atoms with E-state index in [1.807, 2.05) is 36.2 Å². The summed E-state index contributed by atoms with van der Waals surface area (Å²) in [5.74, 6) is -0.169. The van der Waals surface area contributed by atoms with Crippen LogP contribution in [0, 0.1) is 28.6 Å². The van der Waals surface area contributed by atoms with Crippen molar-refractivity contribution in [2.24, 2.45) is 5.92 Å². The smallest absolute Gasteiger partial charge is 0.270 e. The minimum absolute atomic E-state index is 0.0321. The van der Waals surface area contributed by atoms with Crippen molar-refractivity contribution >= 4 is 46.3 Å². The molecule has 0 bridgehead atoms. The summed E-state index contributed by atoms with van der Waals surface area (Å²) >= 11 is 1.01. The molecular weight excluding hydrogens is 490 g/mol. The fourth-order valence-corrected chi connectivity index (χ4v) is 4.47. The van der Waals surface area contributed by atoms with Crippen molar-refractivity contribution < 1.29 is 9.59 Å². The lowest BCUT2D eigenvalue weighted by molar-refractivity contribution is -0.119. The Balaban J connectivity index is 2.29. The molecule has 0 unspecified atom stereocenters. The van der Waals surface area contributed by atoms with Gasteiger partial charge in [-0.3, -0.25) is 23.9 Å². The number of carbonyl (C=O) groups is 2. The predicted molar refractivity (Wildman–Crippen MR) is 146 cm³/mol. The first kappa shape index (κ1) is 29.3. The van der Waals surface area contributed by atoms with E-state index < -0.39 is 5.91 Å². The van der Waals surface area contributed by atoms with Gasteiger partial charge in [0.2, 0.25) is 5.91 Å². The van der Waals surface area contributed by atoms with Gasteiger partial charge in [-0.2, -0.15) is 10.5 Å². The number of thiazole rings is 1. The summed E-state index contributed by atoms with van der Waals surface area (Å²) in [6.45, 7) is 7.23. The van der Waals surface area contributed by atoms with Crippen LogP contribution in [0.3, 0.4) is 0 Å². The lowest BCUT2D eigenvalue weighted by Crippen LogP contribution is -2.37. The van der Waals surface area contributed by atoms with Crippen LogP contribution in [0.4, 0.5) is 11.4 Å². The number of likely N-dealkylation sites (N-methyl/N-ethyl adjacent to an activating group) is 2. The summed E-state index contributed by atoms with van der Waals surface area (Å²) < 4.78 is 1.87. The van der Waals surface area contributed by atoms with E-state index in [0.717, 1.165) is 24.3 Å². The number of anilines is 2. The lowest BCUT2D eigenvalue weighted by Gasteiger charge is -2.23. The van der Waals surface area contributed by atoms with E-state index in [-0.39, 0.29) is 34.8 Å². The monoisotopic (exact) mass is 523 g/mol. The first-order valence-electron chi connectivity index (χ1n) is 11.9. The summed E-state index contributed by atoms with van der Waals surface area (Å²) in [6.07, 6.45) is 2.54. The number of rotatable bonds is 11. The van der Waals surface area contributed by atoms with E-state index in [9.17, 15) is 19.6 Å². The fraction of sp³-hybridized carbons (Fsp3) is 0.423. The summed E-state index contributed by atoms with van der Waals surface area (Å²) in [5, 5.41) is 23.6. The highest BCUT2D eigenvalue weighted by atomic mass is 32.1. The average molecular weight is 524 g/mol. The Hall–Kier alpha value is -3.93. The Morgan fingerprint density at radius 3 is 2.59 bits per heavy atom. The van der Waals surface area contributed by atoms with Gasteiger partial charge < -0.3 is 15.5 Å². The second kappa shape index (κ2) is 14.0. The third-order valence-electron chi connectivity index (χ3n) is 5.58. The predicted octanol–water partition coefficient (Wildman–Crippen LogP) is 1.03. The molecule has 0 aliphatic carbocycles. The van der Waals surface area contributed by atoms with Crippen LogP contribution in [0.25, 0.3) is 11.8 Å². The zero-order valence-electron chi connectivity index (χ0n) is 21.9. The Labute approximate surface area is 220 Å². The number of benzene rings is 1. The molecule has 0 aliphatic rings.